The molecular weight excluding hydrogens is 326 g/mol. The number of nitrogens with one attached hydrogen (secondary N) is 3. The van der Waals surface area contributed by atoms with Crippen LogP contribution in [0.25, 0.3) is 0 Å². The van der Waals surface area contributed by atoms with Gasteiger partial charge in [0.2, 0.25) is 5.91 Å². The molecule has 3 N–H and O–H groups in total. The Labute approximate surface area is 146 Å². The van der Waals surface area contributed by atoms with Gasteiger partial charge < -0.3 is 14.8 Å². The highest BCUT2D eigenvalue weighted by molar-refractivity contribution is 8.00. The van der Waals surface area contributed by atoms with E-state index < -0.39 is 0 Å². The molecule has 0 bridgehead atoms. The van der Waals surface area contributed by atoms with Crippen molar-refractivity contribution in [2.45, 2.75) is 24.4 Å². The molecule has 1 aromatic rings. The van der Waals surface area contributed by atoms with E-state index in [0.717, 1.165) is 11.3 Å². The largest absolute Gasteiger partial charge is 0.493 e. The predicted molar refractivity (Wildman–Crippen MR) is 95.0 cm³/mol. The van der Waals surface area contributed by atoms with E-state index in [1.165, 1.54) is 0 Å². The van der Waals surface area contributed by atoms with Crippen LogP contribution in [-0.4, -0.2) is 37.6 Å². The fraction of sp³-hybridized carbons (Fsp3) is 0.471. The molecule has 0 saturated carbocycles. The quantitative estimate of drug-likeness (QED) is 0.702. The zero-order chi connectivity index (χ0) is 17.1. The highest BCUT2D eigenvalue weighted by Crippen LogP contribution is 2.47. The zero-order valence-corrected chi connectivity index (χ0v) is 14.7. The second-order valence-electron chi connectivity index (χ2n) is 5.91. The van der Waals surface area contributed by atoms with Crippen LogP contribution in [0.3, 0.4) is 0 Å². The highest BCUT2D eigenvalue weighted by Gasteiger charge is 2.43. The van der Waals surface area contributed by atoms with Crippen molar-refractivity contribution in [3.05, 3.63) is 36.4 Å². The number of thioether (sulfide) groups is 1. The predicted octanol–water partition coefficient (Wildman–Crippen LogP) is 1.60. The first-order valence-corrected chi connectivity index (χ1v) is 9.03. The maximum absolute atomic E-state index is 12.0. The third kappa shape index (κ3) is 3.24. The zero-order valence-electron chi connectivity index (χ0n) is 13.9. The van der Waals surface area contributed by atoms with Gasteiger partial charge in [-0.15, -0.1) is 11.8 Å². The first kappa shape index (κ1) is 17.1. The van der Waals surface area contributed by atoms with Crippen molar-refractivity contribution in [2.24, 2.45) is 5.92 Å². The summed E-state index contributed by atoms with van der Waals surface area (Å²) in [6, 6.07) is 6.12. The fourth-order valence-corrected chi connectivity index (χ4v) is 4.67. The van der Waals surface area contributed by atoms with Gasteiger partial charge in [0, 0.05) is 22.8 Å². The van der Waals surface area contributed by atoms with Crippen molar-refractivity contribution in [2.75, 3.05) is 19.5 Å². The van der Waals surface area contributed by atoms with Gasteiger partial charge >= 0.3 is 0 Å². The van der Waals surface area contributed by atoms with Gasteiger partial charge in [0.1, 0.15) is 6.61 Å². The molecule has 1 amide bonds. The van der Waals surface area contributed by atoms with E-state index in [0.29, 0.717) is 18.1 Å². The summed E-state index contributed by atoms with van der Waals surface area (Å²) in [6.07, 6.45) is 1.61. The number of benzene rings is 1. The summed E-state index contributed by atoms with van der Waals surface area (Å²) in [7, 11) is 1.63. The smallest absolute Gasteiger partial charge is 0.231 e. The third-order valence-corrected chi connectivity index (χ3v) is 5.73. The maximum atomic E-state index is 12.0. The number of para-hydroxylation sites is 1. The molecule has 24 heavy (non-hydrogen) atoms. The molecule has 130 valence electrons. The minimum atomic E-state index is -0.106. The lowest BCUT2D eigenvalue weighted by Crippen LogP contribution is -2.46. The summed E-state index contributed by atoms with van der Waals surface area (Å²) in [5.74, 6) is 2.08. The number of methoxy groups -OCH3 is 1. The van der Waals surface area contributed by atoms with Crippen LogP contribution in [0.1, 0.15) is 17.7 Å². The lowest BCUT2D eigenvalue weighted by molar-refractivity contribution is -0.119. The number of ether oxygens (including phenoxy) is 2. The van der Waals surface area contributed by atoms with Crippen LogP contribution < -0.4 is 25.6 Å². The molecule has 2 fully saturated rings. The molecule has 2 heterocycles. The number of hydrazine groups is 1. The Bertz CT molecular complexity index is 625. The monoisotopic (exact) mass is 349 g/mol. The van der Waals surface area contributed by atoms with Gasteiger partial charge in [0.05, 0.1) is 19.0 Å². The average Bonchev–Trinajstić information content (AvgIpc) is 2.85. The Morgan fingerprint density at radius 2 is 2.25 bits per heavy atom. The Balaban J connectivity index is 2.01. The Hall–Kier alpha value is -1.70. The van der Waals surface area contributed by atoms with Gasteiger partial charge in [-0.25, -0.2) is 5.43 Å². The third-order valence-electron chi connectivity index (χ3n) is 4.37. The lowest BCUT2D eigenvalue weighted by Gasteiger charge is -2.28. The molecule has 0 aromatic heterocycles. The molecule has 0 spiro atoms. The van der Waals surface area contributed by atoms with Crippen molar-refractivity contribution in [3.8, 4) is 11.5 Å². The van der Waals surface area contributed by atoms with E-state index in [-0.39, 0.29) is 29.3 Å². The molecular formula is C17H23N3O3S. The van der Waals surface area contributed by atoms with Crippen LogP contribution in [0.15, 0.2) is 30.9 Å². The van der Waals surface area contributed by atoms with Gasteiger partial charge in [-0.3, -0.25) is 10.2 Å². The molecule has 2 aliphatic rings. The standard InChI is InChI=1S/C17H23N3O3S/c1-4-8-23-15-11(6-5-7-12(15)22-3)16-14-10(2)19-20-17(14)18-13(21)9-24-16/h4-7,10,14,16-17,19-20H,1,8-9H2,2-3H3,(H,18,21). The van der Waals surface area contributed by atoms with Crippen molar-refractivity contribution < 1.29 is 14.3 Å². The van der Waals surface area contributed by atoms with Gasteiger partial charge in [-0.2, -0.15) is 0 Å². The normalized spacial score (nSPS) is 29.3. The van der Waals surface area contributed by atoms with E-state index in [9.17, 15) is 4.79 Å². The second-order valence-corrected chi connectivity index (χ2v) is 7.04. The second kappa shape index (κ2) is 7.46. The minimum Gasteiger partial charge on any atom is -0.493 e. The number of hydrogen-bond donors (Lipinski definition) is 3. The van der Waals surface area contributed by atoms with Crippen LogP contribution in [-0.2, 0) is 4.79 Å². The van der Waals surface area contributed by atoms with Crippen LogP contribution in [0, 0.1) is 5.92 Å². The summed E-state index contributed by atoms with van der Waals surface area (Å²) in [4.78, 5) is 12.0. The molecule has 1 aromatic carbocycles. The molecule has 7 heteroatoms. The summed E-state index contributed by atoms with van der Waals surface area (Å²) >= 11 is 1.64. The number of hydrogen-bond acceptors (Lipinski definition) is 6. The maximum Gasteiger partial charge on any atom is 0.231 e. The molecule has 4 unspecified atom stereocenters. The van der Waals surface area contributed by atoms with Crippen molar-refractivity contribution in [1.29, 1.82) is 0 Å². The molecule has 0 aliphatic carbocycles. The van der Waals surface area contributed by atoms with E-state index in [4.69, 9.17) is 9.47 Å². The van der Waals surface area contributed by atoms with Gasteiger partial charge in [-0.1, -0.05) is 24.8 Å². The van der Waals surface area contributed by atoms with Gasteiger partial charge in [-0.05, 0) is 13.0 Å². The average molecular weight is 349 g/mol. The number of carbonyl (C=O) groups excluding carboxylic acids is 1. The number of rotatable bonds is 5. The first-order chi connectivity index (χ1) is 11.7. The molecule has 2 aliphatic heterocycles. The topological polar surface area (TPSA) is 71.6 Å². The molecule has 6 nitrogen and oxygen atoms in total. The minimum absolute atomic E-state index is 0.0392. The van der Waals surface area contributed by atoms with Crippen molar-refractivity contribution in [3.63, 3.8) is 0 Å². The summed E-state index contributed by atoms with van der Waals surface area (Å²) in [5.41, 5.74) is 7.47. The van der Waals surface area contributed by atoms with Crippen molar-refractivity contribution in [1.82, 2.24) is 16.2 Å². The number of amides is 1. The molecule has 4 atom stereocenters. The molecule has 0 radical (unpaired) electrons. The van der Waals surface area contributed by atoms with E-state index in [1.807, 2.05) is 12.1 Å². The summed E-state index contributed by atoms with van der Waals surface area (Å²) in [5, 5.41) is 3.14. The van der Waals surface area contributed by atoms with Crippen LogP contribution >= 0.6 is 11.8 Å². The van der Waals surface area contributed by atoms with Crippen LogP contribution in [0.2, 0.25) is 0 Å². The van der Waals surface area contributed by atoms with Crippen LogP contribution in [0.4, 0.5) is 0 Å². The molecule has 3 rings (SSSR count). The Kier molecular flexibility index (Phi) is 5.33. The SMILES string of the molecule is C=CCOc1c(OC)cccc1C1SCC(=O)NC2NNC(C)C21. The number of carbonyl (C=O) groups is 1. The Morgan fingerprint density at radius 3 is 3.00 bits per heavy atom. The van der Waals surface area contributed by atoms with E-state index in [1.54, 1.807) is 24.9 Å². The Morgan fingerprint density at radius 1 is 1.42 bits per heavy atom. The van der Waals surface area contributed by atoms with Gasteiger partial charge in [0.15, 0.2) is 11.5 Å². The fourth-order valence-electron chi connectivity index (χ4n) is 3.27. The summed E-state index contributed by atoms with van der Waals surface area (Å²) in [6.45, 7) is 6.24. The van der Waals surface area contributed by atoms with Crippen LogP contribution in [0.5, 0.6) is 11.5 Å². The van der Waals surface area contributed by atoms with Crippen molar-refractivity contribution >= 4 is 17.7 Å². The summed E-state index contributed by atoms with van der Waals surface area (Å²) < 4.78 is 11.4. The molecule has 2 saturated heterocycles. The first-order valence-electron chi connectivity index (χ1n) is 7.98. The number of fused-ring (bicyclic) bond motifs is 1. The van der Waals surface area contributed by atoms with Gasteiger partial charge in [0.25, 0.3) is 0 Å². The van der Waals surface area contributed by atoms with E-state index >= 15 is 0 Å². The lowest BCUT2D eigenvalue weighted by atomic mass is 9.90. The highest BCUT2D eigenvalue weighted by atomic mass is 32.2. The van der Waals surface area contributed by atoms with E-state index in [2.05, 4.69) is 35.7 Å².